The molecule has 1 atom stereocenters. The molecule has 2 saturated heterocycles. The number of hydrogen-bond donors (Lipinski definition) is 0. The molecule has 2 aromatic heterocycles. The number of ether oxygens (including phenoxy) is 1. The van der Waals surface area contributed by atoms with E-state index in [0.717, 1.165) is 55.4 Å². The Hall–Kier alpha value is -1.07. The molecule has 0 aromatic carbocycles. The second kappa shape index (κ2) is 6.59. The Kier molecular flexibility index (Phi) is 4.35. The summed E-state index contributed by atoms with van der Waals surface area (Å²) in [5.41, 5.74) is 2.11. The van der Waals surface area contributed by atoms with Crippen molar-refractivity contribution in [3.8, 4) is 0 Å². The van der Waals surface area contributed by atoms with Crippen molar-refractivity contribution in [1.82, 2.24) is 14.5 Å². The first-order chi connectivity index (χ1) is 10.9. The SMILES string of the molecule is c1cnc2c(c1)nc(CC1CCCS1)n2CC1CCOCC1. The monoisotopic (exact) mass is 317 g/mol. The van der Waals surface area contributed by atoms with Gasteiger partial charge in [-0.3, -0.25) is 0 Å². The van der Waals surface area contributed by atoms with E-state index in [-0.39, 0.29) is 0 Å². The second-order valence-electron chi connectivity index (χ2n) is 6.38. The van der Waals surface area contributed by atoms with Crippen molar-refractivity contribution in [1.29, 1.82) is 0 Å². The van der Waals surface area contributed by atoms with Gasteiger partial charge in [0, 0.05) is 37.6 Å². The number of nitrogens with zero attached hydrogens (tertiary/aromatic N) is 3. The maximum absolute atomic E-state index is 5.50. The summed E-state index contributed by atoms with van der Waals surface area (Å²) in [5.74, 6) is 3.24. The van der Waals surface area contributed by atoms with E-state index in [9.17, 15) is 0 Å². The highest BCUT2D eigenvalue weighted by atomic mass is 32.2. The number of pyridine rings is 1. The Morgan fingerprint density at radius 1 is 1.27 bits per heavy atom. The predicted octanol–water partition coefficient (Wildman–Crippen LogP) is 3.30. The summed E-state index contributed by atoms with van der Waals surface area (Å²) in [4.78, 5) is 9.50. The minimum absolute atomic E-state index is 0.697. The zero-order valence-electron chi connectivity index (χ0n) is 12.9. The van der Waals surface area contributed by atoms with Gasteiger partial charge in [-0.1, -0.05) is 0 Å². The Bertz CT molecular complexity index is 630. The van der Waals surface area contributed by atoms with Gasteiger partial charge in [-0.05, 0) is 49.5 Å². The Labute approximate surface area is 135 Å². The normalized spacial score (nSPS) is 23.4. The number of hydrogen-bond acceptors (Lipinski definition) is 4. The number of aromatic nitrogens is 3. The highest BCUT2D eigenvalue weighted by Gasteiger charge is 2.23. The van der Waals surface area contributed by atoms with E-state index in [1.165, 1.54) is 24.4 Å². The molecular weight excluding hydrogens is 294 g/mol. The zero-order valence-corrected chi connectivity index (χ0v) is 13.7. The number of fused-ring (bicyclic) bond motifs is 1. The Morgan fingerprint density at radius 2 is 2.18 bits per heavy atom. The molecule has 4 rings (SSSR count). The van der Waals surface area contributed by atoms with Crippen LogP contribution in [-0.2, 0) is 17.7 Å². The van der Waals surface area contributed by atoms with Gasteiger partial charge in [0.05, 0.1) is 0 Å². The van der Waals surface area contributed by atoms with Gasteiger partial charge in [-0.15, -0.1) is 0 Å². The van der Waals surface area contributed by atoms with Crippen LogP contribution < -0.4 is 0 Å². The largest absolute Gasteiger partial charge is 0.381 e. The molecule has 2 fully saturated rings. The molecule has 0 spiro atoms. The molecule has 4 nitrogen and oxygen atoms in total. The van der Waals surface area contributed by atoms with Crippen molar-refractivity contribution < 1.29 is 4.74 Å². The van der Waals surface area contributed by atoms with Gasteiger partial charge in [-0.25, -0.2) is 9.97 Å². The van der Waals surface area contributed by atoms with Crippen LogP contribution in [0.1, 0.15) is 31.5 Å². The van der Waals surface area contributed by atoms with Gasteiger partial charge in [0.15, 0.2) is 5.65 Å². The summed E-state index contributed by atoms with van der Waals surface area (Å²) in [6, 6.07) is 4.08. The zero-order chi connectivity index (χ0) is 14.8. The highest BCUT2D eigenvalue weighted by molar-refractivity contribution is 8.00. The lowest BCUT2D eigenvalue weighted by molar-refractivity contribution is 0.0613. The average molecular weight is 317 g/mol. The molecule has 5 heteroatoms. The van der Waals surface area contributed by atoms with Gasteiger partial charge >= 0.3 is 0 Å². The Balaban J connectivity index is 1.63. The van der Waals surface area contributed by atoms with Crippen LogP contribution >= 0.6 is 11.8 Å². The van der Waals surface area contributed by atoms with E-state index in [0.29, 0.717) is 5.92 Å². The van der Waals surface area contributed by atoms with Crippen molar-refractivity contribution in [3.05, 3.63) is 24.2 Å². The van der Waals surface area contributed by atoms with Gasteiger partial charge in [0.1, 0.15) is 11.3 Å². The van der Waals surface area contributed by atoms with Gasteiger partial charge in [-0.2, -0.15) is 11.8 Å². The fraction of sp³-hybridized carbons (Fsp3) is 0.647. The standard InChI is InChI=1S/C17H23N3OS/c1-4-15-17(18-7-1)20(12-13-5-8-21-9-6-13)16(19-15)11-14-3-2-10-22-14/h1,4,7,13-14H,2-3,5-6,8-12H2. The summed E-state index contributed by atoms with van der Waals surface area (Å²) < 4.78 is 7.89. The van der Waals surface area contributed by atoms with Crippen LogP contribution in [0.5, 0.6) is 0 Å². The lowest BCUT2D eigenvalue weighted by Gasteiger charge is -2.23. The van der Waals surface area contributed by atoms with Crippen LogP contribution in [0.25, 0.3) is 11.2 Å². The van der Waals surface area contributed by atoms with E-state index in [1.54, 1.807) is 0 Å². The van der Waals surface area contributed by atoms with Crippen LogP contribution in [0.4, 0.5) is 0 Å². The predicted molar refractivity (Wildman–Crippen MR) is 90.3 cm³/mol. The molecule has 2 aliphatic heterocycles. The maximum Gasteiger partial charge on any atom is 0.159 e. The Morgan fingerprint density at radius 3 is 3.00 bits per heavy atom. The first-order valence-corrected chi connectivity index (χ1v) is 9.44. The lowest BCUT2D eigenvalue weighted by atomic mass is 10.0. The number of rotatable bonds is 4. The fourth-order valence-corrected chi connectivity index (χ4v) is 4.82. The van der Waals surface area contributed by atoms with Gasteiger partial charge in [0.2, 0.25) is 0 Å². The molecular formula is C17H23N3OS. The second-order valence-corrected chi connectivity index (χ2v) is 7.79. The number of imidazole rings is 1. The summed E-state index contributed by atoms with van der Waals surface area (Å²) in [6.07, 6.45) is 7.98. The molecule has 4 heterocycles. The van der Waals surface area contributed by atoms with Crippen LogP contribution in [-0.4, -0.2) is 38.8 Å². The first kappa shape index (κ1) is 14.5. The molecule has 0 bridgehead atoms. The summed E-state index contributed by atoms with van der Waals surface area (Å²) in [7, 11) is 0. The van der Waals surface area contributed by atoms with Crippen molar-refractivity contribution >= 4 is 22.9 Å². The third-order valence-corrected chi connectivity index (χ3v) is 6.20. The minimum Gasteiger partial charge on any atom is -0.381 e. The van der Waals surface area contributed by atoms with Crippen molar-refractivity contribution in [2.45, 2.75) is 43.9 Å². The van der Waals surface area contributed by atoms with Crippen molar-refractivity contribution in [3.63, 3.8) is 0 Å². The minimum atomic E-state index is 0.697. The van der Waals surface area contributed by atoms with Crippen molar-refractivity contribution in [2.24, 2.45) is 5.92 Å². The fourth-order valence-electron chi connectivity index (χ4n) is 3.55. The van der Waals surface area contributed by atoms with Gasteiger partial charge in [0.25, 0.3) is 0 Å². The molecule has 0 aliphatic carbocycles. The lowest BCUT2D eigenvalue weighted by Crippen LogP contribution is -2.22. The third-order valence-electron chi connectivity index (χ3n) is 4.80. The molecule has 2 aliphatic rings. The summed E-state index contributed by atoms with van der Waals surface area (Å²) in [5, 5.41) is 0.741. The van der Waals surface area contributed by atoms with Crippen molar-refractivity contribution in [2.75, 3.05) is 19.0 Å². The number of thioether (sulfide) groups is 1. The van der Waals surface area contributed by atoms with Crippen LogP contribution in [0, 0.1) is 5.92 Å². The van der Waals surface area contributed by atoms with Gasteiger partial charge < -0.3 is 9.30 Å². The molecule has 0 amide bonds. The summed E-state index contributed by atoms with van der Waals surface area (Å²) >= 11 is 2.11. The molecule has 0 saturated carbocycles. The molecule has 118 valence electrons. The molecule has 22 heavy (non-hydrogen) atoms. The molecule has 2 aromatic rings. The maximum atomic E-state index is 5.50. The first-order valence-electron chi connectivity index (χ1n) is 8.39. The topological polar surface area (TPSA) is 39.9 Å². The quantitative estimate of drug-likeness (QED) is 0.867. The molecule has 1 unspecified atom stereocenters. The highest BCUT2D eigenvalue weighted by Crippen LogP contribution is 2.30. The third kappa shape index (κ3) is 3.01. The van der Waals surface area contributed by atoms with Crippen LogP contribution in [0.2, 0.25) is 0 Å². The molecule has 0 radical (unpaired) electrons. The smallest absolute Gasteiger partial charge is 0.159 e. The summed E-state index contributed by atoms with van der Waals surface area (Å²) in [6.45, 7) is 2.85. The van der Waals surface area contributed by atoms with E-state index in [4.69, 9.17) is 9.72 Å². The van der Waals surface area contributed by atoms with E-state index >= 15 is 0 Å². The van der Waals surface area contributed by atoms with E-state index in [2.05, 4.69) is 27.4 Å². The van der Waals surface area contributed by atoms with E-state index in [1.807, 2.05) is 12.3 Å². The average Bonchev–Trinajstić information content (AvgIpc) is 3.18. The van der Waals surface area contributed by atoms with Crippen LogP contribution in [0.3, 0.4) is 0 Å². The van der Waals surface area contributed by atoms with Crippen LogP contribution in [0.15, 0.2) is 18.3 Å². The molecule has 0 N–H and O–H groups in total. The van der Waals surface area contributed by atoms with E-state index < -0.39 is 0 Å².